The number of aryl methyl sites for hydroxylation is 1. The van der Waals surface area contributed by atoms with Crippen LogP contribution in [-0.4, -0.2) is 32.2 Å². The van der Waals surface area contributed by atoms with Crippen LogP contribution in [0.3, 0.4) is 0 Å². The summed E-state index contributed by atoms with van der Waals surface area (Å²) in [5.41, 5.74) is 0.329. The van der Waals surface area contributed by atoms with Crippen LogP contribution in [0.4, 0.5) is 11.8 Å². The number of amides is 1. The van der Waals surface area contributed by atoms with Crippen molar-refractivity contribution < 1.29 is 4.79 Å². The molecular weight excluding hydrogens is 268 g/mol. The molecule has 0 aliphatic rings. The van der Waals surface area contributed by atoms with Crippen LogP contribution in [0.1, 0.15) is 17.3 Å². The molecule has 0 atom stereocenters. The number of aromatic nitrogens is 4. The molecule has 0 saturated carbocycles. The van der Waals surface area contributed by atoms with Gasteiger partial charge in [-0.1, -0.05) is 11.6 Å². The number of nitrogens with one attached hydrogen (secondary N) is 2. The van der Waals surface area contributed by atoms with E-state index in [0.29, 0.717) is 23.9 Å². The lowest BCUT2D eigenvalue weighted by Crippen LogP contribution is -2.16. The van der Waals surface area contributed by atoms with Gasteiger partial charge in [0.2, 0.25) is 5.95 Å². The summed E-state index contributed by atoms with van der Waals surface area (Å²) >= 11 is 5.98. The molecule has 2 aromatic heterocycles. The SMILES string of the molecule is CCNc1cc(C(=O)Nc2ncnn2C)c(Cl)cn1. The van der Waals surface area contributed by atoms with Gasteiger partial charge in [-0.3, -0.25) is 10.1 Å². The summed E-state index contributed by atoms with van der Waals surface area (Å²) in [6, 6.07) is 1.59. The van der Waals surface area contributed by atoms with E-state index in [2.05, 4.69) is 25.7 Å². The van der Waals surface area contributed by atoms with Crippen LogP contribution >= 0.6 is 11.6 Å². The van der Waals surface area contributed by atoms with Crippen LogP contribution in [0, 0.1) is 0 Å². The lowest BCUT2D eigenvalue weighted by molar-refractivity contribution is 0.102. The topological polar surface area (TPSA) is 84.7 Å². The van der Waals surface area contributed by atoms with Crippen molar-refractivity contribution in [3.05, 3.63) is 29.2 Å². The average Bonchev–Trinajstić information content (AvgIpc) is 2.77. The van der Waals surface area contributed by atoms with Gasteiger partial charge in [-0.25, -0.2) is 9.67 Å². The number of halogens is 1. The molecule has 2 heterocycles. The Kier molecular flexibility index (Phi) is 3.96. The van der Waals surface area contributed by atoms with Gasteiger partial charge in [-0.15, -0.1) is 0 Å². The summed E-state index contributed by atoms with van der Waals surface area (Å²) < 4.78 is 1.46. The van der Waals surface area contributed by atoms with E-state index < -0.39 is 0 Å². The predicted octanol–water partition coefficient (Wildman–Crippen LogP) is 1.55. The van der Waals surface area contributed by atoms with Crippen molar-refractivity contribution >= 4 is 29.3 Å². The number of nitrogens with zero attached hydrogens (tertiary/aromatic N) is 4. The molecule has 2 aromatic rings. The summed E-state index contributed by atoms with van der Waals surface area (Å²) in [6.45, 7) is 2.65. The second-order valence-electron chi connectivity index (χ2n) is 3.74. The maximum Gasteiger partial charge on any atom is 0.259 e. The van der Waals surface area contributed by atoms with Crippen molar-refractivity contribution in [3.8, 4) is 0 Å². The molecule has 0 spiro atoms. The van der Waals surface area contributed by atoms with Crippen molar-refractivity contribution in [1.82, 2.24) is 19.7 Å². The van der Waals surface area contributed by atoms with Gasteiger partial charge >= 0.3 is 0 Å². The minimum atomic E-state index is -0.359. The van der Waals surface area contributed by atoms with E-state index in [1.165, 1.54) is 17.2 Å². The number of anilines is 2. The molecule has 0 aliphatic heterocycles. The summed E-state index contributed by atoms with van der Waals surface area (Å²) in [7, 11) is 1.68. The summed E-state index contributed by atoms with van der Waals surface area (Å²) in [5.74, 6) is 0.584. The number of hydrogen-bond acceptors (Lipinski definition) is 5. The van der Waals surface area contributed by atoms with Crippen molar-refractivity contribution in [2.45, 2.75) is 6.92 Å². The normalized spacial score (nSPS) is 10.3. The fraction of sp³-hybridized carbons (Fsp3) is 0.273. The van der Waals surface area contributed by atoms with E-state index in [1.807, 2.05) is 6.92 Å². The molecular formula is C11H13ClN6O. The second-order valence-corrected chi connectivity index (χ2v) is 4.15. The Morgan fingerprint density at radius 1 is 1.47 bits per heavy atom. The van der Waals surface area contributed by atoms with Crippen LogP contribution in [0.25, 0.3) is 0 Å². The summed E-state index contributed by atoms with van der Waals surface area (Å²) in [6.07, 6.45) is 2.79. The first kappa shape index (κ1) is 13.3. The van der Waals surface area contributed by atoms with Gasteiger partial charge in [0.25, 0.3) is 5.91 Å². The Balaban J connectivity index is 2.23. The molecule has 0 saturated heterocycles. The zero-order valence-corrected chi connectivity index (χ0v) is 11.3. The summed E-state index contributed by atoms with van der Waals surface area (Å²) in [4.78, 5) is 20.1. The predicted molar refractivity (Wildman–Crippen MR) is 72.4 cm³/mol. The largest absolute Gasteiger partial charge is 0.370 e. The van der Waals surface area contributed by atoms with E-state index in [1.54, 1.807) is 13.1 Å². The van der Waals surface area contributed by atoms with Crippen LogP contribution < -0.4 is 10.6 Å². The van der Waals surface area contributed by atoms with Gasteiger partial charge in [-0.05, 0) is 13.0 Å². The minimum absolute atomic E-state index is 0.279. The highest BCUT2D eigenvalue weighted by Crippen LogP contribution is 2.19. The third-order valence-corrected chi connectivity index (χ3v) is 2.70. The zero-order chi connectivity index (χ0) is 13.8. The maximum absolute atomic E-state index is 12.1. The standard InChI is InChI=1S/C11H13ClN6O/c1-3-13-9-4-7(8(12)5-14-9)10(19)17-11-15-6-16-18(11)2/h4-6H,3H2,1-2H3,(H,13,14)(H,15,16,17,19). The molecule has 0 aromatic carbocycles. The number of hydrogen-bond donors (Lipinski definition) is 2. The number of carbonyl (C=O) groups excluding carboxylic acids is 1. The van der Waals surface area contributed by atoms with Gasteiger partial charge in [0, 0.05) is 19.8 Å². The van der Waals surface area contributed by atoms with Crippen LogP contribution in [-0.2, 0) is 7.05 Å². The Hall–Kier alpha value is -2.15. The molecule has 8 heteroatoms. The highest BCUT2D eigenvalue weighted by molar-refractivity contribution is 6.34. The van der Waals surface area contributed by atoms with E-state index in [-0.39, 0.29) is 10.9 Å². The van der Waals surface area contributed by atoms with Crippen molar-refractivity contribution in [3.63, 3.8) is 0 Å². The van der Waals surface area contributed by atoms with Crippen LogP contribution in [0.5, 0.6) is 0 Å². The summed E-state index contributed by atoms with van der Waals surface area (Å²) in [5, 5.41) is 9.79. The van der Waals surface area contributed by atoms with E-state index in [0.717, 1.165) is 0 Å². The van der Waals surface area contributed by atoms with Crippen LogP contribution in [0.2, 0.25) is 5.02 Å². The first-order chi connectivity index (χ1) is 9.11. The minimum Gasteiger partial charge on any atom is -0.370 e. The lowest BCUT2D eigenvalue weighted by atomic mass is 10.2. The fourth-order valence-corrected chi connectivity index (χ4v) is 1.66. The van der Waals surface area contributed by atoms with Gasteiger partial charge < -0.3 is 5.32 Å². The Morgan fingerprint density at radius 3 is 2.89 bits per heavy atom. The molecule has 1 amide bonds. The quantitative estimate of drug-likeness (QED) is 0.887. The number of rotatable bonds is 4. The highest BCUT2D eigenvalue weighted by Gasteiger charge is 2.14. The first-order valence-corrected chi connectivity index (χ1v) is 6.04. The molecule has 0 aliphatic carbocycles. The monoisotopic (exact) mass is 280 g/mol. The van der Waals surface area contributed by atoms with E-state index in [4.69, 9.17) is 11.6 Å². The van der Waals surface area contributed by atoms with Crippen molar-refractivity contribution in [2.75, 3.05) is 17.2 Å². The van der Waals surface area contributed by atoms with Gasteiger partial charge in [0.1, 0.15) is 12.1 Å². The highest BCUT2D eigenvalue weighted by atomic mass is 35.5. The smallest absolute Gasteiger partial charge is 0.259 e. The van der Waals surface area contributed by atoms with Crippen molar-refractivity contribution in [1.29, 1.82) is 0 Å². The molecule has 0 fully saturated rings. The third-order valence-electron chi connectivity index (χ3n) is 2.39. The first-order valence-electron chi connectivity index (χ1n) is 5.66. The molecule has 19 heavy (non-hydrogen) atoms. The average molecular weight is 281 g/mol. The Morgan fingerprint density at radius 2 is 2.26 bits per heavy atom. The van der Waals surface area contributed by atoms with Gasteiger partial charge in [0.05, 0.1) is 10.6 Å². The fourth-order valence-electron chi connectivity index (χ4n) is 1.47. The van der Waals surface area contributed by atoms with Crippen LogP contribution in [0.15, 0.2) is 18.6 Å². The molecule has 7 nitrogen and oxygen atoms in total. The lowest BCUT2D eigenvalue weighted by Gasteiger charge is -2.08. The maximum atomic E-state index is 12.1. The zero-order valence-electron chi connectivity index (χ0n) is 10.5. The molecule has 100 valence electrons. The molecule has 0 unspecified atom stereocenters. The molecule has 2 rings (SSSR count). The molecule has 0 radical (unpaired) electrons. The second kappa shape index (κ2) is 5.66. The number of pyridine rings is 1. The molecule has 2 N–H and O–H groups in total. The van der Waals surface area contributed by atoms with Gasteiger partial charge in [0.15, 0.2) is 0 Å². The van der Waals surface area contributed by atoms with Crippen molar-refractivity contribution in [2.24, 2.45) is 7.05 Å². The third kappa shape index (κ3) is 3.00. The van der Waals surface area contributed by atoms with E-state index in [9.17, 15) is 4.79 Å². The molecule has 0 bridgehead atoms. The van der Waals surface area contributed by atoms with Gasteiger partial charge in [-0.2, -0.15) is 10.1 Å². The van der Waals surface area contributed by atoms with E-state index >= 15 is 0 Å². The Bertz CT molecular complexity index is 597. The number of carbonyl (C=O) groups is 1. The Labute approximate surface area is 115 Å².